The standard InChI is InChI=1S/C49H35IN4.C2H6/c1-30-12-4-5-13-37(30)46-31(2)32(3)47(38-14-6-9-17-43(38)50)53(46)35-24-20-33(21-25-35)34-22-26-36(27-23-34)54-48-39-15-7-10-18-44(39)51-28-41(48)42-29-52-45-19-11-8-16-40(45)49(42)54;1-2/h4-29H,1-3H3;1-2H3. The van der Waals surface area contributed by atoms with Gasteiger partial charge in [-0.15, -0.1) is 0 Å². The molecule has 10 rings (SSSR count). The van der Waals surface area contributed by atoms with Gasteiger partial charge in [0.1, 0.15) is 0 Å². The van der Waals surface area contributed by atoms with Gasteiger partial charge >= 0.3 is 0 Å². The van der Waals surface area contributed by atoms with Gasteiger partial charge in [0.25, 0.3) is 0 Å². The average Bonchev–Trinajstić information content (AvgIpc) is 3.73. The van der Waals surface area contributed by atoms with E-state index in [4.69, 9.17) is 9.97 Å². The number of aromatic nitrogens is 4. The molecule has 0 radical (unpaired) electrons. The van der Waals surface area contributed by atoms with Gasteiger partial charge in [-0.3, -0.25) is 9.97 Å². The number of rotatable bonds is 5. The SMILES string of the molecule is CC.Cc1ccccc1-c1c(C)c(C)c(-c2ccccc2I)n1-c1ccc(-c2ccc(-n3c4c5ccccc5ncc4c4cnc5ccccc5c43)cc2)cc1. The third-order valence-corrected chi connectivity index (χ3v) is 12.0. The van der Waals surface area contributed by atoms with E-state index in [9.17, 15) is 0 Å². The van der Waals surface area contributed by atoms with Crippen LogP contribution in [0.25, 0.3) is 88.6 Å². The molecule has 0 spiro atoms. The molecule has 56 heavy (non-hydrogen) atoms. The fourth-order valence-corrected chi connectivity index (χ4v) is 8.95. The molecule has 0 saturated heterocycles. The largest absolute Gasteiger partial charge is 0.309 e. The lowest BCUT2D eigenvalue weighted by Gasteiger charge is -2.18. The van der Waals surface area contributed by atoms with Crippen molar-refractivity contribution in [3.63, 3.8) is 0 Å². The van der Waals surface area contributed by atoms with Crippen LogP contribution in [0.5, 0.6) is 0 Å². The van der Waals surface area contributed by atoms with Crippen LogP contribution in [0.3, 0.4) is 0 Å². The highest BCUT2D eigenvalue weighted by atomic mass is 127. The lowest BCUT2D eigenvalue weighted by atomic mass is 10.0. The molecule has 272 valence electrons. The number of fused-ring (bicyclic) bond motifs is 7. The van der Waals surface area contributed by atoms with E-state index in [2.05, 4.69) is 198 Å². The molecule has 0 aliphatic rings. The molecule has 0 atom stereocenters. The smallest absolute Gasteiger partial charge is 0.0723 e. The lowest BCUT2D eigenvalue weighted by Crippen LogP contribution is -2.02. The number of pyridine rings is 2. The molecular weight excluding hydrogens is 795 g/mol. The predicted octanol–water partition coefficient (Wildman–Crippen LogP) is 14.2. The molecule has 4 nitrogen and oxygen atoms in total. The van der Waals surface area contributed by atoms with E-state index in [1.807, 2.05) is 26.2 Å². The van der Waals surface area contributed by atoms with Crippen LogP contribution in [-0.4, -0.2) is 19.1 Å². The molecule has 0 fully saturated rings. The Hall–Kier alpha value is -6.05. The third kappa shape index (κ3) is 5.72. The summed E-state index contributed by atoms with van der Waals surface area (Å²) < 4.78 is 6.11. The molecular formula is C51H41IN4. The summed E-state index contributed by atoms with van der Waals surface area (Å²) in [6, 6.07) is 52.3. The summed E-state index contributed by atoms with van der Waals surface area (Å²) in [5.74, 6) is 0. The van der Waals surface area contributed by atoms with Crippen LogP contribution >= 0.6 is 22.6 Å². The number of benzene rings is 6. The zero-order valence-corrected chi connectivity index (χ0v) is 34.3. The molecule has 0 aliphatic heterocycles. The fraction of sp³-hybridized carbons (Fsp3) is 0.0980. The van der Waals surface area contributed by atoms with Crippen molar-refractivity contribution in [1.29, 1.82) is 0 Å². The number of nitrogens with zero attached hydrogens (tertiary/aromatic N) is 4. The van der Waals surface area contributed by atoms with E-state index in [0.717, 1.165) is 55.0 Å². The number of halogens is 1. The Labute approximate surface area is 341 Å². The summed E-state index contributed by atoms with van der Waals surface area (Å²) in [6.07, 6.45) is 4.01. The highest BCUT2D eigenvalue weighted by Crippen LogP contribution is 2.42. The predicted molar refractivity (Wildman–Crippen MR) is 245 cm³/mol. The first-order valence-electron chi connectivity index (χ1n) is 19.3. The summed E-state index contributed by atoms with van der Waals surface area (Å²) >= 11 is 2.47. The van der Waals surface area contributed by atoms with Crippen molar-refractivity contribution < 1.29 is 0 Å². The summed E-state index contributed by atoms with van der Waals surface area (Å²) in [7, 11) is 0. The quantitative estimate of drug-likeness (QED) is 0.162. The Morgan fingerprint density at radius 2 is 0.857 bits per heavy atom. The van der Waals surface area contributed by atoms with Gasteiger partial charge in [0.2, 0.25) is 0 Å². The van der Waals surface area contributed by atoms with Crippen molar-refractivity contribution in [2.24, 2.45) is 0 Å². The molecule has 0 saturated carbocycles. The minimum Gasteiger partial charge on any atom is -0.309 e. The van der Waals surface area contributed by atoms with Gasteiger partial charge in [-0.1, -0.05) is 117 Å². The molecule has 0 unspecified atom stereocenters. The summed E-state index contributed by atoms with van der Waals surface area (Å²) in [5, 5.41) is 4.46. The number of para-hydroxylation sites is 2. The maximum atomic E-state index is 4.85. The van der Waals surface area contributed by atoms with Gasteiger partial charge in [-0.25, -0.2) is 0 Å². The van der Waals surface area contributed by atoms with Gasteiger partial charge < -0.3 is 9.13 Å². The summed E-state index contributed by atoms with van der Waals surface area (Å²) in [6.45, 7) is 10.7. The van der Waals surface area contributed by atoms with Crippen LogP contribution in [-0.2, 0) is 0 Å². The van der Waals surface area contributed by atoms with E-state index >= 15 is 0 Å². The van der Waals surface area contributed by atoms with Crippen molar-refractivity contribution in [3.05, 3.63) is 178 Å². The minimum atomic E-state index is 0.979. The second-order valence-corrected chi connectivity index (χ2v) is 15.2. The number of aryl methyl sites for hydroxylation is 1. The van der Waals surface area contributed by atoms with E-state index in [0.29, 0.717) is 0 Å². The van der Waals surface area contributed by atoms with Crippen molar-refractivity contribution >= 4 is 66.2 Å². The second-order valence-electron chi connectivity index (χ2n) is 14.1. The van der Waals surface area contributed by atoms with Gasteiger partial charge in [-0.2, -0.15) is 0 Å². The molecule has 6 aromatic carbocycles. The second kappa shape index (κ2) is 14.5. The van der Waals surface area contributed by atoms with E-state index < -0.39 is 0 Å². The summed E-state index contributed by atoms with van der Waals surface area (Å²) in [4.78, 5) is 9.69. The monoisotopic (exact) mass is 836 g/mol. The minimum absolute atomic E-state index is 0.979. The molecule has 4 aromatic heterocycles. The zero-order chi connectivity index (χ0) is 38.5. The Bertz CT molecular complexity index is 2920. The summed E-state index contributed by atoms with van der Waals surface area (Å²) in [5.41, 5.74) is 17.7. The first-order valence-corrected chi connectivity index (χ1v) is 20.4. The van der Waals surface area contributed by atoms with Crippen LogP contribution in [0, 0.1) is 24.3 Å². The van der Waals surface area contributed by atoms with Crippen molar-refractivity contribution in [1.82, 2.24) is 19.1 Å². The highest BCUT2D eigenvalue weighted by Gasteiger charge is 2.24. The molecule has 10 aromatic rings. The van der Waals surface area contributed by atoms with Crippen LogP contribution < -0.4 is 0 Å². The van der Waals surface area contributed by atoms with Gasteiger partial charge in [0.15, 0.2) is 0 Å². The third-order valence-electron chi connectivity index (χ3n) is 11.1. The molecule has 4 heterocycles. The Morgan fingerprint density at radius 3 is 1.38 bits per heavy atom. The topological polar surface area (TPSA) is 35.6 Å². The molecule has 5 heteroatoms. The van der Waals surface area contributed by atoms with E-state index in [1.165, 1.54) is 53.9 Å². The molecule has 0 bridgehead atoms. The first-order chi connectivity index (χ1) is 27.5. The Morgan fingerprint density at radius 1 is 0.429 bits per heavy atom. The lowest BCUT2D eigenvalue weighted by molar-refractivity contribution is 1.08. The van der Waals surface area contributed by atoms with Gasteiger partial charge in [-0.05, 0) is 114 Å². The Balaban J connectivity index is 0.00000202. The molecule has 0 N–H and O–H groups in total. The van der Waals surface area contributed by atoms with E-state index in [1.54, 1.807) is 0 Å². The van der Waals surface area contributed by atoms with Crippen LogP contribution in [0.2, 0.25) is 0 Å². The Kier molecular flexibility index (Phi) is 9.26. The van der Waals surface area contributed by atoms with E-state index in [-0.39, 0.29) is 0 Å². The average molecular weight is 837 g/mol. The normalized spacial score (nSPS) is 11.4. The van der Waals surface area contributed by atoms with Gasteiger partial charge in [0.05, 0.1) is 33.5 Å². The molecule has 0 amide bonds. The highest BCUT2D eigenvalue weighted by molar-refractivity contribution is 14.1. The van der Waals surface area contributed by atoms with Gasteiger partial charge in [0, 0.05) is 60.0 Å². The number of hydrogen-bond donors (Lipinski definition) is 0. The fourth-order valence-electron chi connectivity index (χ4n) is 8.30. The van der Waals surface area contributed by atoms with Crippen molar-refractivity contribution in [2.45, 2.75) is 34.6 Å². The zero-order valence-electron chi connectivity index (χ0n) is 32.2. The van der Waals surface area contributed by atoms with Crippen molar-refractivity contribution in [2.75, 3.05) is 0 Å². The molecule has 0 aliphatic carbocycles. The maximum Gasteiger partial charge on any atom is 0.0723 e. The number of hydrogen-bond acceptors (Lipinski definition) is 2. The van der Waals surface area contributed by atoms with Crippen LogP contribution in [0.1, 0.15) is 30.5 Å². The first kappa shape index (κ1) is 35.6. The van der Waals surface area contributed by atoms with Crippen LogP contribution in [0.4, 0.5) is 0 Å². The maximum absolute atomic E-state index is 4.85. The van der Waals surface area contributed by atoms with Crippen LogP contribution in [0.15, 0.2) is 158 Å². The van der Waals surface area contributed by atoms with Crippen molar-refractivity contribution in [3.8, 4) is 45.0 Å².